The van der Waals surface area contributed by atoms with Crippen LogP contribution in [0, 0.1) is 11.8 Å². The van der Waals surface area contributed by atoms with Gasteiger partial charge in [0, 0.05) is 62.5 Å². The molecule has 0 radical (unpaired) electrons. The number of fused-ring (bicyclic) bond motifs is 7. The number of benzene rings is 1. The van der Waals surface area contributed by atoms with Crippen molar-refractivity contribution in [3.05, 3.63) is 61.9 Å². The van der Waals surface area contributed by atoms with E-state index in [4.69, 9.17) is 16.3 Å². The lowest BCUT2D eigenvalue weighted by Gasteiger charge is -2.24. The number of hydrogen-bond donors (Lipinski definition) is 1. The topological polar surface area (TPSA) is 129 Å². The lowest BCUT2D eigenvalue weighted by molar-refractivity contribution is -0.134. The van der Waals surface area contributed by atoms with Gasteiger partial charge in [-0.15, -0.1) is 22.7 Å². The van der Waals surface area contributed by atoms with Crippen LogP contribution < -0.4 is 10.1 Å². The molecule has 12 nitrogen and oxygen atoms in total. The number of rotatable bonds is 8. The van der Waals surface area contributed by atoms with Crippen LogP contribution in [0.25, 0.3) is 20.4 Å². The molecule has 5 aromatic rings. The van der Waals surface area contributed by atoms with Crippen LogP contribution in [0.15, 0.2) is 29.8 Å². The molecule has 0 unspecified atom stereocenters. The van der Waals surface area contributed by atoms with Gasteiger partial charge in [-0.3, -0.25) is 14.6 Å². The van der Waals surface area contributed by atoms with Crippen LogP contribution in [-0.2, 0) is 41.8 Å². The molecule has 3 aliphatic rings. The van der Waals surface area contributed by atoms with Crippen molar-refractivity contribution in [2.24, 2.45) is 16.8 Å². The van der Waals surface area contributed by atoms with Crippen molar-refractivity contribution in [3.8, 4) is 5.75 Å². The lowest BCUT2D eigenvalue weighted by atomic mass is 9.87. The van der Waals surface area contributed by atoms with E-state index in [2.05, 4.69) is 47.3 Å². The zero-order valence-corrected chi connectivity index (χ0v) is 33.3. The summed E-state index contributed by atoms with van der Waals surface area (Å²) in [7, 11) is 11.3. The molecule has 1 aliphatic heterocycles. The molecule has 5 heterocycles. The monoisotopic (exact) mass is 773 g/mol. The highest BCUT2D eigenvalue weighted by molar-refractivity contribution is 7.19. The Kier molecular flexibility index (Phi) is 10.9. The second kappa shape index (κ2) is 15.6. The van der Waals surface area contributed by atoms with Crippen molar-refractivity contribution in [3.63, 3.8) is 0 Å². The maximum atomic E-state index is 12.6. The first kappa shape index (κ1) is 37.1. The zero-order chi connectivity index (χ0) is 37.4. The third kappa shape index (κ3) is 7.73. The van der Waals surface area contributed by atoms with Crippen LogP contribution in [0.5, 0.6) is 5.75 Å². The highest BCUT2D eigenvalue weighted by atomic mass is 35.5. The second-order valence-corrected chi connectivity index (χ2v) is 16.9. The first-order chi connectivity index (χ1) is 25.5. The average Bonchev–Trinajstić information content (AvgIpc) is 3.86. The number of aromatic nitrogens is 4. The summed E-state index contributed by atoms with van der Waals surface area (Å²) in [6.45, 7) is 2.10. The maximum Gasteiger partial charge on any atom is 0.225 e. The largest absolute Gasteiger partial charge is 0.490 e. The minimum atomic E-state index is 0.0348. The molecule has 53 heavy (non-hydrogen) atoms. The van der Waals surface area contributed by atoms with Crippen LogP contribution in [0.1, 0.15) is 44.8 Å². The molecule has 2 amide bonds. The van der Waals surface area contributed by atoms with E-state index in [1.807, 2.05) is 48.5 Å². The van der Waals surface area contributed by atoms with E-state index < -0.39 is 0 Å². The summed E-state index contributed by atoms with van der Waals surface area (Å²) in [6.07, 6.45) is 10.0. The quantitative estimate of drug-likeness (QED) is 0.188. The fraction of sp³-hybridized carbons (Fsp3) is 0.447. The normalized spacial score (nSPS) is 17.2. The fourth-order valence-electron chi connectivity index (χ4n) is 7.25. The van der Waals surface area contributed by atoms with E-state index in [1.165, 1.54) is 32.8 Å². The van der Waals surface area contributed by atoms with Crippen molar-refractivity contribution in [2.45, 2.75) is 45.1 Å². The average molecular weight is 774 g/mol. The Morgan fingerprint density at radius 1 is 0.849 bits per heavy atom. The molecule has 0 saturated carbocycles. The Morgan fingerprint density at radius 3 is 2.08 bits per heavy atom. The first-order valence-electron chi connectivity index (χ1n) is 17.8. The molecule has 0 fully saturated rings. The van der Waals surface area contributed by atoms with Gasteiger partial charge in [0.15, 0.2) is 0 Å². The van der Waals surface area contributed by atoms with Gasteiger partial charge in [-0.05, 0) is 87.0 Å². The highest BCUT2D eigenvalue weighted by Crippen LogP contribution is 2.43. The number of hydrogen-bond acceptors (Lipinski definition) is 12. The van der Waals surface area contributed by atoms with Gasteiger partial charge in [-0.25, -0.2) is 19.9 Å². The van der Waals surface area contributed by atoms with Gasteiger partial charge in [0.1, 0.15) is 45.6 Å². The summed E-state index contributed by atoms with van der Waals surface area (Å²) in [6, 6.07) is 4.18. The molecule has 2 aliphatic carbocycles. The van der Waals surface area contributed by atoms with E-state index in [1.54, 1.807) is 38.8 Å². The number of carbonyl (C=O) groups excluding carboxylic acids is 2. The number of nitrogens with zero attached hydrogens (tertiary/aromatic N) is 8. The first-order valence-corrected chi connectivity index (χ1v) is 19.8. The molecular weight excluding hydrogens is 730 g/mol. The summed E-state index contributed by atoms with van der Waals surface area (Å²) < 4.78 is 6.17. The Bertz CT molecular complexity index is 2210. The molecule has 1 aromatic carbocycles. The summed E-state index contributed by atoms with van der Waals surface area (Å²) >= 11 is 9.48. The predicted octanol–water partition coefficient (Wildman–Crippen LogP) is 6.04. The number of thiophene rings is 2. The standard InChI is InChI=1S/C25H30N6O2S.C13H14ClN3OS/c1-30(2)7-8-33-20-10-17-13-26-12-16(17)9-19(20)29-23-22-18-6-5-15(25(32)31(3)4)11-21(18)34-24(22)28-14-27-23;1-17(2)13(18)7-3-4-8-9(5-7)19-12-10(8)11(14)15-6-16-12/h9-10,12,14-15H,5-8,11,13H2,1-4H3,(H,27,28,29);6-7H,3-5H2,1-2H3/t15-;7-/m00/s1. The van der Waals surface area contributed by atoms with E-state index in [-0.39, 0.29) is 23.7 Å². The Balaban J connectivity index is 0.000000193. The molecule has 2 atom stereocenters. The molecule has 0 saturated heterocycles. The smallest absolute Gasteiger partial charge is 0.225 e. The van der Waals surface area contributed by atoms with Gasteiger partial charge in [-0.2, -0.15) is 0 Å². The van der Waals surface area contributed by atoms with Crippen molar-refractivity contribution < 1.29 is 14.3 Å². The summed E-state index contributed by atoms with van der Waals surface area (Å²) in [5, 5.41) is 6.13. The third-order valence-electron chi connectivity index (χ3n) is 10.0. The second-order valence-electron chi connectivity index (χ2n) is 14.4. The number of aryl methyl sites for hydroxylation is 2. The Hall–Kier alpha value is -4.24. The molecule has 1 N–H and O–H groups in total. The molecule has 0 bridgehead atoms. The number of amides is 2. The number of nitrogens with one attached hydrogen (secondary N) is 1. The number of anilines is 2. The van der Waals surface area contributed by atoms with E-state index >= 15 is 0 Å². The van der Waals surface area contributed by atoms with Crippen LogP contribution >= 0.6 is 34.3 Å². The Morgan fingerprint density at radius 2 is 1.45 bits per heavy atom. The van der Waals surface area contributed by atoms with Crippen LogP contribution in [0.4, 0.5) is 11.5 Å². The van der Waals surface area contributed by atoms with Gasteiger partial charge in [0.05, 0.1) is 23.0 Å². The van der Waals surface area contributed by atoms with Crippen molar-refractivity contribution in [2.75, 3.05) is 60.8 Å². The van der Waals surface area contributed by atoms with E-state index in [0.29, 0.717) is 18.3 Å². The van der Waals surface area contributed by atoms with E-state index in [0.717, 1.165) is 88.3 Å². The molecular formula is C38H44ClN9O3S2. The summed E-state index contributed by atoms with van der Waals surface area (Å²) in [4.78, 5) is 56.4. The van der Waals surface area contributed by atoms with Gasteiger partial charge in [0.25, 0.3) is 0 Å². The maximum absolute atomic E-state index is 12.6. The predicted molar refractivity (Wildman–Crippen MR) is 213 cm³/mol. The third-order valence-corrected chi connectivity index (χ3v) is 12.6. The number of carbonyl (C=O) groups is 2. The SMILES string of the molecule is CN(C)C(=O)[C@H]1CCc2c(sc3ncnc(Cl)c23)C1.CN(C)CCOc1cc2c(cc1Nc1ncnc3sc4c(c13)CC[C@H](C(=O)N(C)C)C4)C=NC2. The highest BCUT2D eigenvalue weighted by Gasteiger charge is 2.31. The molecule has 278 valence electrons. The number of likely N-dealkylation sites (N-methyl/N-ethyl adjacent to an activating group) is 1. The van der Waals surface area contributed by atoms with Gasteiger partial charge < -0.3 is 24.8 Å². The Labute approximate surface area is 322 Å². The lowest BCUT2D eigenvalue weighted by Crippen LogP contribution is -2.32. The summed E-state index contributed by atoms with van der Waals surface area (Å²) in [5.74, 6) is 2.12. The number of halogens is 1. The minimum absolute atomic E-state index is 0.0348. The van der Waals surface area contributed by atoms with Gasteiger partial charge in [0.2, 0.25) is 11.8 Å². The molecule has 8 rings (SSSR count). The van der Waals surface area contributed by atoms with Gasteiger partial charge >= 0.3 is 0 Å². The fourth-order valence-corrected chi connectivity index (χ4v) is 10.1. The minimum Gasteiger partial charge on any atom is -0.490 e. The van der Waals surface area contributed by atoms with Gasteiger partial charge in [-0.1, -0.05) is 11.6 Å². The van der Waals surface area contributed by atoms with Crippen LogP contribution in [0.2, 0.25) is 5.15 Å². The number of ether oxygens (including phenoxy) is 1. The van der Waals surface area contributed by atoms with Crippen molar-refractivity contribution >= 4 is 84.2 Å². The van der Waals surface area contributed by atoms with Crippen molar-refractivity contribution in [1.82, 2.24) is 34.6 Å². The van der Waals surface area contributed by atoms with Crippen LogP contribution in [-0.4, -0.2) is 108 Å². The number of aliphatic imine (C=N–C) groups is 1. The molecule has 4 aromatic heterocycles. The molecule has 0 spiro atoms. The molecule has 15 heteroatoms. The zero-order valence-electron chi connectivity index (χ0n) is 30.9. The summed E-state index contributed by atoms with van der Waals surface area (Å²) in [5.41, 5.74) is 5.66. The van der Waals surface area contributed by atoms with Crippen LogP contribution in [0.3, 0.4) is 0 Å². The van der Waals surface area contributed by atoms with Crippen molar-refractivity contribution in [1.29, 1.82) is 0 Å². The van der Waals surface area contributed by atoms with E-state index in [9.17, 15) is 9.59 Å².